The van der Waals surface area contributed by atoms with Gasteiger partial charge >= 0.3 is 0 Å². The maximum Gasteiger partial charge on any atom is 0.254 e. The lowest BCUT2D eigenvalue weighted by Gasteiger charge is -2.29. The zero-order valence-corrected chi connectivity index (χ0v) is 12.7. The van der Waals surface area contributed by atoms with Crippen LogP contribution in [-0.2, 0) is 10.3 Å². The molecule has 1 amide bonds. The Labute approximate surface area is 129 Å². The van der Waals surface area contributed by atoms with E-state index in [9.17, 15) is 4.79 Å². The van der Waals surface area contributed by atoms with Gasteiger partial charge in [0.15, 0.2) is 0 Å². The van der Waals surface area contributed by atoms with Crippen LogP contribution in [0.2, 0.25) is 5.15 Å². The second-order valence-electron chi connectivity index (χ2n) is 4.83. The summed E-state index contributed by atoms with van der Waals surface area (Å²) in [6.07, 6.45) is 1.54. The zero-order chi connectivity index (χ0) is 15.3. The Morgan fingerprint density at radius 3 is 2.62 bits per heavy atom. The molecule has 5 heteroatoms. The van der Waals surface area contributed by atoms with Crippen molar-refractivity contribution in [1.82, 2.24) is 10.3 Å². The van der Waals surface area contributed by atoms with Gasteiger partial charge in [-0.25, -0.2) is 4.98 Å². The zero-order valence-electron chi connectivity index (χ0n) is 12.0. The van der Waals surface area contributed by atoms with Crippen molar-refractivity contribution in [1.29, 1.82) is 0 Å². The van der Waals surface area contributed by atoms with Crippen molar-refractivity contribution in [3.05, 3.63) is 64.9 Å². The average molecular weight is 305 g/mol. The summed E-state index contributed by atoms with van der Waals surface area (Å²) in [5.41, 5.74) is 0.738. The van der Waals surface area contributed by atoms with Gasteiger partial charge in [-0.3, -0.25) is 4.79 Å². The van der Waals surface area contributed by atoms with Crippen LogP contribution in [0.5, 0.6) is 0 Å². The van der Waals surface area contributed by atoms with Crippen LogP contribution in [0.4, 0.5) is 0 Å². The van der Waals surface area contributed by atoms with Crippen LogP contribution in [-0.4, -0.2) is 24.5 Å². The lowest BCUT2D eigenvalue weighted by atomic mass is 9.95. The molecule has 0 unspecified atom stereocenters. The maximum absolute atomic E-state index is 12.2. The third-order valence-corrected chi connectivity index (χ3v) is 3.73. The number of halogens is 1. The molecule has 0 bridgehead atoms. The highest BCUT2D eigenvalue weighted by atomic mass is 35.5. The molecule has 1 N–H and O–H groups in total. The van der Waals surface area contributed by atoms with Gasteiger partial charge in [-0.05, 0) is 24.6 Å². The third kappa shape index (κ3) is 3.60. The number of benzene rings is 1. The normalized spacial score (nSPS) is 13.5. The molecule has 1 aromatic heterocycles. The summed E-state index contributed by atoms with van der Waals surface area (Å²) in [5, 5.41) is 3.03. The van der Waals surface area contributed by atoms with Crippen LogP contribution in [0.15, 0.2) is 48.7 Å². The Kier molecular flexibility index (Phi) is 4.94. The van der Waals surface area contributed by atoms with E-state index >= 15 is 0 Å². The molecule has 0 fully saturated rings. The van der Waals surface area contributed by atoms with Gasteiger partial charge in [0.05, 0.1) is 12.1 Å². The summed E-state index contributed by atoms with van der Waals surface area (Å²) in [4.78, 5) is 16.1. The molecular formula is C16H17ClN2O2. The van der Waals surface area contributed by atoms with E-state index in [2.05, 4.69) is 10.3 Å². The lowest BCUT2D eigenvalue weighted by Crippen LogP contribution is -2.40. The van der Waals surface area contributed by atoms with Crippen molar-refractivity contribution in [2.75, 3.05) is 13.7 Å². The summed E-state index contributed by atoms with van der Waals surface area (Å²) in [5.74, 6) is -0.271. The minimum absolute atomic E-state index is 0.189. The third-order valence-electron chi connectivity index (χ3n) is 3.42. The first kappa shape index (κ1) is 15.5. The van der Waals surface area contributed by atoms with Crippen LogP contribution in [0.1, 0.15) is 22.8 Å². The van der Waals surface area contributed by atoms with Crippen LogP contribution in [0, 0.1) is 0 Å². The number of nitrogens with one attached hydrogen (secondary N) is 1. The van der Waals surface area contributed by atoms with E-state index in [1.807, 2.05) is 37.3 Å². The molecule has 0 aliphatic rings. The Morgan fingerprint density at radius 1 is 1.29 bits per heavy atom. The molecule has 1 aromatic carbocycles. The molecule has 1 atom stereocenters. The number of nitrogens with zero attached hydrogens (tertiary/aromatic N) is 1. The van der Waals surface area contributed by atoms with Crippen molar-refractivity contribution >= 4 is 17.5 Å². The van der Waals surface area contributed by atoms with E-state index in [0.717, 1.165) is 5.56 Å². The average Bonchev–Trinajstić information content (AvgIpc) is 2.53. The standard InChI is InChI=1S/C16H17ClN2O2/c1-16(21-2,12-7-4-3-5-8-12)11-19-15(20)13-9-6-10-18-14(13)17/h3-10H,11H2,1-2H3,(H,19,20)/t16-/m1/s1. The van der Waals surface area contributed by atoms with E-state index in [-0.39, 0.29) is 11.1 Å². The fourth-order valence-corrected chi connectivity index (χ4v) is 2.19. The van der Waals surface area contributed by atoms with Gasteiger partial charge in [-0.15, -0.1) is 0 Å². The summed E-state index contributed by atoms with van der Waals surface area (Å²) in [6.45, 7) is 2.25. The number of carbonyl (C=O) groups excluding carboxylic acids is 1. The highest BCUT2D eigenvalue weighted by Crippen LogP contribution is 2.23. The molecule has 0 spiro atoms. The van der Waals surface area contributed by atoms with E-state index in [0.29, 0.717) is 12.1 Å². The number of hydrogen-bond acceptors (Lipinski definition) is 3. The number of pyridine rings is 1. The van der Waals surface area contributed by atoms with Crippen LogP contribution in [0.25, 0.3) is 0 Å². The van der Waals surface area contributed by atoms with E-state index in [1.165, 1.54) is 0 Å². The summed E-state index contributed by atoms with van der Waals surface area (Å²) in [6, 6.07) is 13.1. The van der Waals surface area contributed by atoms with Gasteiger partial charge in [0, 0.05) is 13.3 Å². The number of rotatable bonds is 5. The van der Waals surface area contributed by atoms with Crippen molar-refractivity contribution in [3.63, 3.8) is 0 Å². The molecule has 0 saturated heterocycles. The van der Waals surface area contributed by atoms with Crippen LogP contribution in [0.3, 0.4) is 0 Å². The molecule has 0 saturated carbocycles. The molecule has 4 nitrogen and oxygen atoms in total. The first-order chi connectivity index (χ1) is 10.1. The van der Waals surface area contributed by atoms with Gasteiger partial charge < -0.3 is 10.1 Å². The molecule has 1 heterocycles. The molecule has 2 rings (SSSR count). The van der Waals surface area contributed by atoms with E-state index < -0.39 is 5.60 Å². The molecule has 110 valence electrons. The summed E-state index contributed by atoms with van der Waals surface area (Å²) < 4.78 is 5.58. The minimum Gasteiger partial charge on any atom is -0.372 e. The van der Waals surface area contributed by atoms with Gasteiger partial charge in [0.1, 0.15) is 10.8 Å². The molecular weight excluding hydrogens is 288 g/mol. The minimum atomic E-state index is -0.606. The van der Waals surface area contributed by atoms with Crippen molar-refractivity contribution in [2.45, 2.75) is 12.5 Å². The van der Waals surface area contributed by atoms with Crippen molar-refractivity contribution < 1.29 is 9.53 Å². The smallest absolute Gasteiger partial charge is 0.254 e. The fraction of sp³-hybridized carbons (Fsp3) is 0.250. The Balaban J connectivity index is 2.11. The largest absolute Gasteiger partial charge is 0.372 e. The number of methoxy groups -OCH3 is 1. The van der Waals surface area contributed by atoms with Gasteiger partial charge in [-0.2, -0.15) is 0 Å². The SMILES string of the molecule is CO[C@](C)(CNC(=O)c1cccnc1Cl)c1ccccc1. The quantitative estimate of drug-likeness (QED) is 0.864. The highest BCUT2D eigenvalue weighted by molar-refractivity contribution is 6.32. The highest BCUT2D eigenvalue weighted by Gasteiger charge is 2.27. The summed E-state index contributed by atoms with van der Waals surface area (Å²) in [7, 11) is 1.62. The number of aromatic nitrogens is 1. The predicted octanol–water partition coefficient (Wildman–Crippen LogP) is 3.03. The van der Waals surface area contributed by atoms with E-state index in [4.69, 9.17) is 16.3 Å². The van der Waals surface area contributed by atoms with E-state index in [1.54, 1.807) is 25.4 Å². The number of ether oxygens (including phenoxy) is 1. The molecule has 0 aliphatic heterocycles. The van der Waals surface area contributed by atoms with Crippen molar-refractivity contribution in [2.24, 2.45) is 0 Å². The number of carbonyl (C=O) groups is 1. The topological polar surface area (TPSA) is 51.2 Å². The second kappa shape index (κ2) is 6.70. The van der Waals surface area contributed by atoms with Gasteiger partial charge in [-0.1, -0.05) is 41.9 Å². The van der Waals surface area contributed by atoms with Gasteiger partial charge in [0.2, 0.25) is 0 Å². The summed E-state index contributed by atoms with van der Waals surface area (Å²) >= 11 is 5.92. The Hall–Kier alpha value is -1.91. The molecule has 2 aromatic rings. The first-order valence-corrected chi connectivity index (χ1v) is 6.94. The molecule has 0 aliphatic carbocycles. The predicted molar refractivity (Wildman–Crippen MR) is 82.4 cm³/mol. The Bertz CT molecular complexity index is 619. The number of hydrogen-bond donors (Lipinski definition) is 1. The molecule has 0 radical (unpaired) electrons. The van der Waals surface area contributed by atoms with Crippen LogP contribution >= 0.6 is 11.6 Å². The first-order valence-electron chi connectivity index (χ1n) is 6.56. The van der Waals surface area contributed by atoms with Crippen LogP contribution < -0.4 is 5.32 Å². The maximum atomic E-state index is 12.2. The molecule has 21 heavy (non-hydrogen) atoms. The monoisotopic (exact) mass is 304 g/mol. The Morgan fingerprint density at radius 2 is 2.00 bits per heavy atom. The van der Waals surface area contributed by atoms with Crippen molar-refractivity contribution in [3.8, 4) is 0 Å². The van der Waals surface area contributed by atoms with Gasteiger partial charge in [0.25, 0.3) is 5.91 Å². The fourth-order valence-electron chi connectivity index (χ4n) is 1.98. The number of amides is 1. The lowest BCUT2D eigenvalue weighted by molar-refractivity contribution is 0.00315. The second-order valence-corrected chi connectivity index (χ2v) is 5.18.